The molecule has 1 aromatic heterocycles. The lowest BCUT2D eigenvalue weighted by molar-refractivity contribution is 0.240. The van der Waals surface area contributed by atoms with Gasteiger partial charge in [-0.05, 0) is 56.1 Å². The Morgan fingerprint density at radius 2 is 2.08 bits per heavy atom. The van der Waals surface area contributed by atoms with Gasteiger partial charge in [-0.2, -0.15) is 0 Å². The van der Waals surface area contributed by atoms with Crippen molar-refractivity contribution in [2.75, 3.05) is 18.9 Å². The molecule has 2 unspecified atom stereocenters. The molecule has 1 fully saturated rings. The van der Waals surface area contributed by atoms with Crippen LogP contribution in [-0.4, -0.2) is 35.5 Å². The molecule has 6 heteroatoms. The molecule has 1 saturated heterocycles. The second kappa shape index (κ2) is 7.19. The Kier molecular flexibility index (Phi) is 4.99. The van der Waals surface area contributed by atoms with E-state index in [0.29, 0.717) is 5.56 Å². The van der Waals surface area contributed by atoms with Crippen LogP contribution in [-0.2, 0) is 0 Å². The molecule has 1 aliphatic heterocycles. The first kappa shape index (κ1) is 17.4. The van der Waals surface area contributed by atoms with Crippen LogP contribution in [0.2, 0.25) is 0 Å². The van der Waals surface area contributed by atoms with E-state index in [1.807, 2.05) is 20.0 Å². The lowest BCUT2D eigenvalue weighted by Gasteiger charge is -2.26. The van der Waals surface area contributed by atoms with Crippen molar-refractivity contribution in [3.8, 4) is 0 Å². The maximum atomic E-state index is 14.0. The first-order chi connectivity index (χ1) is 12.0. The topological polar surface area (TPSA) is 57.3 Å². The summed E-state index contributed by atoms with van der Waals surface area (Å²) in [6, 6.07) is 6.68. The minimum atomic E-state index is -0.257. The molecule has 132 valence electrons. The van der Waals surface area contributed by atoms with Gasteiger partial charge in [-0.3, -0.25) is 9.88 Å². The molecule has 0 bridgehead atoms. The second-order valence-electron chi connectivity index (χ2n) is 6.62. The van der Waals surface area contributed by atoms with Gasteiger partial charge in [-0.25, -0.2) is 9.18 Å². The van der Waals surface area contributed by atoms with Gasteiger partial charge in [0.2, 0.25) is 0 Å². The molecule has 2 heterocycles. The number of halogens is 1. The van der Waals surface area contributed by atoms with Gasteiger partial charge in [0.1, 0.15) is 5.82 Å². The normalized spacial score (nSPS) is 20.5. The number of pyridine rings is 1. The third-order valence-electron chi connectivity index (χ3n) is 4.77. The molecular formula is C19H23FN4O. The van der Waals surface area contributed by atoms with Crippen LogP contribution in [0.5, 0.6) is 0 Å². The fourth-order valence-corrected chi connectivity index (χ4v) is 3.32. The van der Waals surface area contributed by atoms with Crippen LogP contribution < -0.4 is 10.6 Å². The maximum Gasteiger partial charge on any atom is 0.319 e. The van der Waals surface area contributed by atoms with Crippen LogP contribution in [0, 0.1) is 19.7 Å². The van der Waals surface area contributed by atoms with Gasteiger partial charge in [-0.1, -0.05) is 12.1 Å². The zero-order valence-electron chi connectivity index (χ0n) is 14.7. The monoisotopic (exact) mass is 342 g/mol. The third kappa shape index (κ3) is 3.79. The number of benzene rings is 1. The zero-order chi connectivity index (χ0) is 18.0. The molecule has 2 aromatic rings. The summed E-state index contributed by atoms with van der Waals surface area (Å²) in [6.07, 6.45) is 4.17. The van der Waals surface area contributed by atoms with E-state index in [-0.39, 0.29) is 23.9 Å². The van der Waals surface area contributed by atoms with Gasteiger partial charge in [0.25, 0.3) is 0 Å². The molecule has 1 aromatic carbocycles. The van der Waals surface area contributed by atoms with Crippen molar-refractivity contribution in [3.63, 3.8) is 0 Å². The highest BCUT2D eigenvalue weighted by Gasteiger charge is 2.34. The Balaban J connectivity index is 1.73. The fraction of sp³-hybridized carbons (Fsp3) is 0.368. The molecule has 5 nitrogen and oxygen atoms in total. The van der Waals surface area contributed by atoms with E-state index in [2.05, 4.69) is 20.5 Å². The number of aromatic nitrogens is 1. The number of anilines is 1. The van der Waals surface area contributed by atoms with Crippen LogP contribution in [0.1, 0.15) is 29.2 Å². The van der Waals surface area contributed by atoms with Crippen molar-refractivity contribution in [1.29, 1.82) is 0 Å². The third-order valence-corrected chi connectivity index (χ3v) is 4.77. The second-order valence-corrected chi connectivity index (χ2v) is 6.62. The van der Waals surface area contributed by atoms with Gasteiger partial charge < -0.3 is 10.6 Å². The number of hydrogen-bond acceptors (Lipinski definition) is 3. The quantitative estimate of drug-likeness (QED) is 0.899. The van der Waals surface area contributed by atoms with Gasteiger partial charge in [0, 0.05) is 24.6 Å². The molecule has 25 heavy (non-hydrogen) atoms. The van der Waals surface area contributed by atoms with Crippen LogP contribution in [0.3, 0.4) is 0 Å². The number of likely N-dealkylation sites (N-methyl/N-ethyl adjacent to an activating group) is 1. The minimum absolute atomic E-state index is 0.0422. The number of carbonyl (C=O) groups is 1. The van der Waals surface area contributed by atoms with Crippen molar-refractivity contribution in [1.82, 2.24) is 15.2 Å². The molecule has 2 atom stereocenters. The van der Waals surface area contributed by atoms with Crippen molar-refractivity contribution >= 4 is 11.7 Å². The highest BCUT2D eigenvalue weighted by Crippen LogP contribution is 2.31. The predicted octanol–water partition coefficient (Wildman–Crippen LogP) is 3.40. The summed E-state index contributed by atoms with van der Waals surface area (Å²) in [4.78, 5) is 18.6. The zero-order valence-corrected chi connectivity index (χ0v) is 14.7. The highest BCUT2D eigenvalue weighted by atomic mass is 19.1. The average Bonchev–Trinajstić information content (AvgIpc) is 2.93. The lowest BCUT2D eigenvalue weighted by atomic mass is 9.99. The number of aryl methyl sites for hydroxylation is 2. The van der Waals surface area contributed by atoms with Gasteiger partial charge >= 0.3 is 6.03 Å². The minimum Gasteiger partial charge on any atom is -0.333 e. The molecule has 0 saturated carbocycles. The number of carbonyl (C=O) groups excluding carboxylic acids is 1. The Hall–Kier alpha value is -2.47. The summed E-state index contributed by atoms with van der Waals surface area (Å²) in [6.45, 7) is 4.49. The van der Waals surface area contributed by atoms with Gasteiger partial charge in [0.05, 0.1) is 12.1 Å². The Morgan fingerprint density at radius 1 is 1.28 bits per heavy atom. The molecule has 2 N–H and O–H groups in total. The summed E-state index contributed by atoms with van der Waals surface area (Å²) in [5.74, 6) is -0.214. The predicted molar refractivity (Wildman–Crippen MR) is 96.0 cm³/mol. The van der Waals surface area contributed by atoms with Crippen LogP contribution in [0.15, 0.2) is 36.7 Å². The van der Waals surface area contributed by atoms with Crippen molar-refractivity contribution < 1.29 is 9.18 Å². The van der Waals surface area contributed by atoms with Crippen LogP contribution >= 0.6 is 0 Å². The van der Waals surface area contributed by atoms with Crippen LogP contribution in [0.25, 0.3) is 0 Å². The van der Waals surface area contributed by atoms with E-state index in [1.54, 1.807) is 37.5 Å². The average molecular weight is 342 g/mol. The number of urea groups is 1. The van der Waals surface area contributed by atoms with E-state index < -0.39 is 0 Å². The Morgan fingerprint density at radius 3 is 2.80 bits per heavy atom. The smallest absolute Gasteiger partial charge is 0.319 e. The molecule has 0 radical (unpaired) electrons. The SMILES string of the molecule is Cc1ccc(C2C(NC(=O)Nc3ccncc3C)CCN2C)cc1F. The summed E-state index contributed by atoms with van der Waals surface area (Å²) in [5, 5.41) is 5.89. The van der Waals surface area contributed by atoms with Crippen molar-refractivity contribution in [3.05, 3.63) is 59.2 Å². The number of rotatable bonds is 3. The van der Waals surface area contributed by atoms with Gasteiger partial charge in [-0.15, -0.1) is 0 Å². The fourth-order valence-electron chi connectivity index (χ4n) is 3.32. The number of likely N-dealkylation sites (tertiary alicyclic amines) is 1. The Labute approximate surface area is 147 Å². The van der Waals surface area contributed by atoms with E-state index in [0.717, 1.165) is 29.8 Å². The molecule has 0 aliphatic carbocycles. The molecular weight excluding hydrogens is 319 g/mol. The maximum absolute atomic E-state index is 14.0. The number of nitrogens with one attached hydrogen (secondary N) is 2. The summed E-state index contributed by atoms with van der Waals surface area (Å²) in [7, 11) is 2.00. The molecule has 2 amide bonds. The van der Waals surface area contributed by atoms with Gasteiger partial charge in [0.15, 0.2) is 0 Å². The summed E-state index contributed by atoms with van der Waals surface area (Å²) in [5.41, 5.74) is 3.14. The Bertz CT molecular complexity index is 780. The number of hydrogen-bond donors (Lipinski definition) is 2. The highest BCUT2D eigenvalue weighted by molar-refractivity contribution is 5.90. The summed E-state index contributed by atoms with van der Waals surface area (Å²) >= 11 is 0. The van der Waals surface area contributed by atoms with Crippen molar-refractivity contribution in [2.24, 2.45) is 0 Å². The first-order valence-electron chi connectivity index (χ1n) is 8.40. The number of amides is 2. The number of nitrogens with zero attached hydrogens (tertiary/aromatic N) is 2. The molecule has 1 aliphatic rings. The van der Waals surface area contributed by atoms with E-state index >= 15 is 0 Å². The molecule has 3 rings (SSSR count). The van der Waals surface area contributed by atoms with E-state index in [4.69, 9.17) is 0 Å². The van der Waals surface area contributed by atoms with E-state index in [9.17, 15) is 9.18 Å². The lowest BCUT2D eigenvalue weighted by Crippen LogP contribution is -2.41. The largest absolute Gasteiger partial charge is 0.333 e. The molecule has 0 spiro atoms. The van der Waals surface area contributed by atoms with Crippen LogP contribution in [0.4, 0.5) is 14.9 Å². The first-order valence-corrected chi connectivity index (χ1v) is 8.40. The van der Waals surface area contributed by atoms with E-state index in [1.165, 1.54) is 0 Å². The van der Waals surface area contributed by atoms with Crippen molar-refractivity contribution in [2.45, 2.75) is 32.4 Å². The standard InChI is InChI=1S/C19H23FN4O/c1-12-4-5-14(10-15(12)20)18-17(7-9-24(18)3)23-19(25)22-16-6-8-21-11-13(16)2/h4-6,8,10-11,17-18H,7,9H2,1-3H3,(H2,21,22,23,25). The summed E-state index contributed by atoms with van der Waals surface area (Å²) < 4.78 is 14.0.